The summed E-state index contributed by atoms with van der Waals surface area (Å²) in [6, 6.07) is 13.5. The molecular weight excluding hydrogens is 370 g/mol. The molecule has 0 bridgehead atoms. The molecule has 0 aliphatic rings. The van der Waals surface area contributed by atoms with Crippen LogP contribution in [0.15, 0.2) is 65.6 Å². The number of sulfonamides is 1. The van der Waals surface area contributed by atoms with E-state index in [0.29, 0.717) is 22.9 Å². The van der Waals surface area contributed by atoms with Crippen molar-refractivity contribution in [2.75, 3.05) is 0 Å². The van der Waals surface area contributed by atoms with Gasteiger partial charge in [0.05, 0.1) is 10.5 Å². The zero-order valence-electron chi connectivity index (χ0n) is 13.2. The van der Waals surface area contributed by atoms with Crippen molar-refractivity contribution < 1.29 is 26.0 Å². The lowest BCUT2D eigenvalue weighted by Crippen LogP contribution is -2.23. The average molecular weight is 383 g/mol. The van der Waals surface area contributed by atoms with E-state index >= 15 is 0 Å². The lowest BCUT2D eigenvalue weighted by molar-refractivity contribution is -0.137. The van der Waals surface area contributed by atoms with Gasteiger partial charge in [-0.25, -0.2) is 17.5 Å². The normalized spacial score (nSPS) is 12.5. The molecule has 0 heterocycles. The first kappa shape index (κ1) is 18.3. The number of halogens is 4. The fourth-order valence-electron chi connectivity index (χ4n) is 2.60. The molecule has 0 aliphatic heterocycles. The van der Waals surface area contributed by atoms with E-state index < -0.39 is 34.1 Å². The van der Waals surface area contributed by atoms with Gasteiger partial charge in [-0.1, -0.05) is 36.4 Å². The van der Waals surface area contributed by atoms with E-state index in [4.69, 9.17) is 0 Å². The summed E-state index contributed by atoms with van der Waals surface area (Å²) in [4.78, 5) is 0.00282. The first-order valence-corrected chi connectivity index (χ1v) is 8.99. The standard InChI is InChI=1S/C18H13F4NO2S/c19-15-9-12(8-14(10-15)18(20,21)22)11-23-26(24,25)17-7-3-5-13-4-1-2-6-16(13)17/h1-10,23H,11H2. The van der Waals surface area contributed by atoms with Crippen LogP contribution in [0.5, 0.6) is 0 Å². The van der Waals surface area contributed by atoms with Crippen molar-refractivity contribution in [1.29, 1.82) is 0 Å². The molecule has 3 aromatic rings. The number of rotatable bonds is 4. The van der Waals surface area contributed by atoms with Gasteiger partial charge in [0.1, 0.15) is 5.82 Å². The predicted octanol–water partition coefficient (Wildman–Crippen LogP) is 4.48. The Hall–Kier alpha value is -2.45. The molecule has 3 rings (SSSR count). The van der Waals surface area contributed by atoms with Crippen LogP contribution in [0.1, 0.15) is 11.1 Å². The molecule has 3 aromatic carbocycles. The monoisotopic (exact) mass is 383 g/mol. The Kier molecular flexibility index (Phi) is 4.72. The second-order valence-corrected chi connectivity index (χ2v) is 7.38. The maximum Gasteiger partial charge on any atom is 0.416 e. The molecule has 0 spiro atoms. The zero-order chi connectivity index (χ0) is 18.9. The molecule has 0 saturated carbocycles. The van der Waals surface area contributed by atoms with Gasteiger partial charge in [-0.15, -0.1) is 0 Å². The van der Waals surface area contributed by atoms with Crippen LogP contribution in [-0.4, -0.2) is 8.42 Å². The van der Waals surface area contributed by atoms with E-state index in [2.05, 4.69) is 4.72 Å². The first-order chi connectivity index (χ1) is 12.2. The summed E-state index contributed by atoms with van der Waals surface area (Å²) in [5.74, 6) is -1.08. The molecule has 8 heteroatoms. The minimum absolute atomic E-state index is 0.00282. The number of hydrogen-bond donors (Lipinski definition) is 1. The quantitative estimate of drug-likeness (QED) is 0.676. The highest BCUT2D eigenvalue weighted by molar-refractivity contribution is 7.89. The molecule has 0 radical (unpaired) electrons. The molecule has 26 heavy (non-hydrogen) atoms. The van der Waals surface area contributed by atoms with Gasteiger partial charge in [0.15, 0.2) is 0 Å². The van der Waals surface area contributed by atoms with Gasteiger partial charge < -0.3 is 0 Å². The van der Waals surface area contributed by atoms with Gasteiger partial charge in [-0.3, -0.25) is 0 Å². The van der Waals surface area contributed by atoms with Gasteiger partial charge in [-0.2, -0.15) is 13.2 Å². The molecule has 0 fully saturated rings. The molecule has 1 N–H and O–H groups in total. The zero-order valence-corrected chi connectivity index (χ0v) is 14.0. The van der Waals surface area contributed by atoms with Crippen molar-refractivity contribution >= 4 is 20.8 Å². The van der Waals surface area contributed by atoms with Gasteiger partial charge in [0, 0.05) is 11.9 Å². The number of nitrogens with one attached hydrogen (secondary N) is 1. The lowest BCUT2D eigenvalue weighted by atomic mass is 10.1. The molecular formula is C18H13F4NO2S. The summed E-state index contributed by atoms with van der Waals surface area (Å²) in [6.45, 7) is -0.466. The van der Waals surface area contributed by atoms with Crippen molar-refractivity contribution in [1.82, 2.24) is 4.72 Å². The van der Waals surface area contributed by atoms with Crippen molar-refractivity contribution in [3.63, 3.8) is 0 Å². The van der Waals surface area contributed by atoms with Crippen molar-refractivity contribution in [3.8, 4) is 0 Å². The molecule has 0 aliphatic carbocycles. The van der Waals surface area contributed by atoms with Gasteiger partial charge in [-0.05, 0) is 35.2 Å². The summed E-state index contributed by atoms with van der Waals surface area (Å²) >= 11 is 0. The minimum atomic E-state index is -4.72. The van der Waals surface area contributed by atoms with E-state index in [-0.39, 0.29) is 10.5 Å². The number of hydrogen-bond acceptors (Lipinski definition) is 2. The summed E-state index contributed by atoms with van der Waals surface area (Å²) in [5.41, 5.74) is -1.29. The number of fused-ring (bicyclic) bond motifs is 1. The van der Waals surface area contributed by atoms with Gasteiger partial charge >= 0.3 is 6.18 Å². The summed E-state index contributed by atoms with van der Waals surface area (Å²) in [5, 5.41) is 1.19. The maximum atomic E-state index is 13.4. The van der Waals surface area contributed by atoms with Crippen LogP contribution < -0.4 is 4.72 Å². The van der Waals surface area contributed by atoms with Crippen molar-refractivity contribution in [2.45, 2.75) is 17.6 Å². The highest BCUT2D eigenvalue weighted by Crippen LogP contribution is 2.30. The van der Waals surface area contributed by atoms with Crippen LogP contribution in [0.25, 0.3) is 10.8 Å². The topological polar surface area (TPSA) is 46.2 Å². The lowest BCUT2D eigenvalue weighted by Gasteiger charge is -2.12. The minimum Gasteiger partial charge on any atom is -0.207 e. The maximum absolute atomic E-state index is 13.4. The number of benzene rings is 3. The third-order valence-corrected chi connectivity index (χ3v) is 5.25. The Labute approximate surface area is 147 Å². The van der Waals surface area contributed by atoms with E-state index in [9.17, 15) is 26.0 Å². The SMILES string of the molecule is O=S(=O)(NCc1cc(F)cc(C(F)(F)F)c1)c1cccc2ccccc12. The Morgan fingerprint density at radius 2 is 1.62 bits per heavy atom. The second-order valence-electron chi connectivity index (χ2n) is 5.65. The third kappa shape index (κ3) is 3.86. The molecule has 0 amide bonds. The van der Waals surface area contributed by atoms with Crippen molar-refractivity contribution in [3.05, 3.63) is 77.6 Å². The average Bonchev–Trinajstić information content (AvgIpc) is 2.58. The largest absolute Gasteiger partial charge is 0.416 e. The van der Waals surface area contributed by atoms with Gasteiger partial charge in [0.25, 0.3) is 0 Å². The second kappa shape index (κ2) is 6.69. The fourth-order valence-corrected chi connectivity index (χ4v) is 3.85. The molecule has 0 saturated heterocycles. The van der Waals surface area contributed by atoms with Crippen LogP contribution in [0.2, 0.25) is 0 Å². The molecule has 0 atom stereocenters. The van der Waals surface area contributed by atoms with Crippen LogP contribution in [-0.2, 0) is 22.7 Å². The first-order valence-electron chi connectivity index (χ1n) is 7.51. The Morgan fingerprint density at radius 1 is 0.923 bits per heavy atom. The van der Waals surface area contributed by atoms with Crippen LogP contribution in [0.4, 0.5) is 17.6 Å². The summed E-state index contributed by atoms with van der Waals surface area (Å²) in [6.07, 6.45) is -4.72. The summed E-state index contributed by atoms with van der Waals surface area (Å²) in [7, 11) is -4.00. The Bertz CT molecular complexity index is 1060. The number of alkyl halides is 3. The van der Waals surface area contributed by atoms with Crippen LogP contribution in [0.3, 0.4) is 0 Å². The van der Waals surface area contributed by atoms with Crippen LogP contribution in [0, 0.1) is 5.82 Å². The Balaban J connectivity index is 1.91. The predicted molar refractivity (Wildman–Crippen MR) is 89.4 cm³/mol. The highest BCUT2D eigenvalue weighted by atomic mass is 32.2. The van der Waals surface area contributed by atoms with E-state index in [1.807, 2.05) is 0 Å². The molecule has 0 unspecified atom stereocenters. The Morgan fingerprint density at radius 3 is 2.35 bits per heavy atom. The summed E-state index contributed by atoms with van der Waals surface area (Å²) < 4.78 is 79.0. The van der Waals surface area contributed by atoms with E-state index in [1.165, 1.54) is 6.07 Å². The van der Waals surface area contributed by atoms with Crippen LogP contribution >= 0.6 is 0 Å². The van der Waals surface area contributed by atoms with E-state index in [1.54, 1.807) is 36.4 Å². The molecule has 0 aromatic heterocycles. The van der Waals surface area contributed by atoms with E-state index in [0.717, 1.165) is 6.07 Å². The smallest absolute Gasteiger partial charge is 0.207 e. The fraction of sp³-hybridized carbons (Fsp3) is 0.111. The molecule has 3 nitrogen and oxygen atoms in total. The highest BCUT2D eigenvalue weighted by Gasteiger charge is 2.31. The molecule has 136 valence electrons. The van der Waals surface area contributed by atoms with Crippen molar-refractivity contribution in [2.24, 2.45) is 0 Å². The third-order valence-electron chi connectivity index (χ3n) is 3.79. The van der Waals surface area contributed by atoms with Gasteiger partial charge in [0.2, 0.25) is 10.0 Å².